The number of ether oxygens (including phenoxy) is 1. The van der Waals surface area contributed by atoms with Gasteiger partial charge in [0.1, 0.15) is 12.4 Å². The van der Waals surface area contributed by atoms with Crippen LogP contribution in [0.4, 0.5) is 17.6 Å². The molecule has 1 aromatic heterocycles. The predicted molar refractivity (Wildman–Crippen MR) is 146 cm³/mol. The first kappa shape index (κ1) is 28.9. The highest BCUT2D eigenvalue weighted by Gasteiger charge is 2.36. The number of halogens is 4. The summed E-state index contributed by atoms with van der Waals surface area (Å²) in [6.07, 6.45) is -4.23. The molecule has 216 valence electrons. The molecule has 41 heavy (non-hydrogen) atoms. The molecule has 12 heteroatoms. The molecule has 1 atom stereocenters. The molecule has 1 fully saturated rings. The maximum Gasteiger partial charge on any atom is 0.416 e. The Hall–Kier alpha value is -3.61. The quantitative estimate of drug-likeness (QED) is 0.346. The van der Waals surface area contributed by atoms with E-state index in [1.165, 1.54) is 27.3 Å². The van der Waals surface area contributed by atoms with Crippen molar-refractivity contribution in [2.45, 2.75) is 18.6 Å². The summed E-state index contributed by atoms with van der Waals surface area (Å²) in [4.78, 5) is 31.6. The normalized spacial score (nSPS) is 17.9. The average molecular weight is 589 g/mol. The van der Waals surface area contributed by atoms with Crippen LogP contribution in [0.15, 0.2) is 71.1 Å². The Kier molecular flexibility index (Phi) is 8.81. The topological polar surface area (TPSA) is 65.5 Å². The summed E-state index contributed by atoms with van der Waals surface area (Å²) < 4.78 is 59.2. The van der Waals surface area contributed by atoms with Gasteiger partial charge in [-0.2, -0.15) is 18.3 Å². The zero-order valence-electron chi connectivity index (χ0n) is 22.0. The number of carbonyl (C=O) groups is 2. The summed E-state index contributed by atoms with van der Waals surface area (Å²) in [5.74, 6) is -1.49. The van der Waals surface area contributed by atoms with Gasteiger partial charge < -0.3 is 9.64 Å². The molecule has 2 aromatic carbocycles. The third-order valence-corrected chi connectivity index (χ3v) is 8.06. The molecule has 1 unspecified atom stereocenters. The van der Waals surface area contributed by atoms with Crippen LogP contribution in [0.3, 0.4) is 0 Å². The molecule has 0 spiro atoms. The van der Waals surface area contributed by atoms with E-state index in [1.54, 1.807) is 18.2 Å². The van der Waals surface area contributed by atoms with Crippen LogP contribution in [0, 0.1) is 5.82 Å². The van der Waals surface area contributed by atoms with Gasteiger partial charge in [0.05, 0.1) is 30.5 Å². The summed E-state index contributed by atoms with van der Waals surface area (Å²) in [6.45, 7) is 2.72. The van der Waals surface area contributed by atoms with Crippen LogP contribution in [0.1, 0.15) is 38.8 Å². The van der Waals surface area contributed by atoms with E-state index in [0.29, 0.717) is 50.5 Å². The largest absolute Gasteiger partial charge is 0.416 e. The molecule has 2 amide bonds. The lowest BCUT2D eigenvalue weighted by Crippen LogP contribution is -2.46. The highest BCUT2D eigenvalue weighted by atomic mass is 32.1. The number of hydrogen-bond donors (Lipinski definition) is 0. The number of alkyl halides is 3. The minimum Gasteiger partial charge on any atom is -0.379 e. The maximum atomic E-state index is 14.6. The van der Waals surface area contributed by atoms with Crippen LogP contribution in [0.2, 0.25) is 0 Å². The number of hydrazone groups is 1. The smallest absolute Gasteiger partial charge is 0.379 e. The number of morpholine rings is 1. The minimum absolute atomic E-state index is 0.0413. The number of nitrogens with zero attached hydrogens (tertiary/aromatic N) is 4. The average Bonchev–Trinajstić information content (AvgIpc) is 3.66. The Morgan fingerprint density at radius 1 is 1.02 bits per heavy atom. The molecular weight excluding hydrogens is 560 g/mol. The van der Waals surface area contributed by atoms with Crippen molar-refractivity contribution in [1.82, 2.24) is 14.8 Å². The van der Waals surface area contributed by atoms with Gasteiger partial charge in [-0.25, -0.2) is 9.40 Å². The van der Waals surface area contributed by atoms with Crippen LogP contribution in [-0.4, -0.2) is 78.3 Å². The Bertz CT molecular complexity index is 1390. The number of benzene rings is 2. The molecule has 0 saturated carbocycles. The second-order valence-corrected chi connectivity index (χ2v) is 10.7. The predicted octanol–water partition coefficient (Wildman–Crippen LogP) is 5.06. The lowest BCUT2D eigenvalue weighted by Gasteiger charge is -2.31. The molecule has 0 bridgehead atoms. The van der Waals surface area contributed by atoms with E-state index in [9.17, 15) is 27.2 Å². The molecule has 0 aliphatic carbocycles. The van der Waals surface area contributed by atoms with Crippen molar-refractivity contribution in [3.05, 3.63) is 93.4 Å². The number of rotatable bonds is 8. The first-order valence-corrected chi connectivity index (χ1v) is 14.0. The fourth-order valence-corrected chi connectivity index (χ4v) is 5.67. The highest BCUT2D eigenvalue weighted by molar-refractivity contribution is 7.10. The van der Waals surface area contributed by atoms with Crippen molar-refractivity contribution in [1.29, 1.82) is 0 Å². The van der Waals surface area contributed by atoms with Gasteiger partial charge >= 0.3 is 6.18 Å². The van der Waals surface area contributed by atoms with Crippen LogP contribution in [-0.2, 0) is 15.7 Å². The third kappa shape index (κ3) is 6.83. The standard InChI is InChI=1S/C29H28F4N4O3S/c30-23-5-2-1-4-22(23)24-18-25(26-6-3-17-41-26)37(34-24)27(38)19-36(12-11-35-13-15-40-16-14-35)28(39)20-7-9-21(10-8-20)29(31,32)33/h1-10,17,25H,11-16,18-19H2. The lowest BCUT2D eigenvalue weighted by molar-refractivity contribution is -0.137. The van der Waals surface area contributed by atoms with E-state index >= 15 is 0 Å². The molecule has 2 aliphatic rings. The van der Waals surface area contributed by atoms with E-state index in [-0.39, 0.29) is 18.7 Å². The van der Waals surface area contributed by atoms with Crippen LogP contribution >= 0.6 is 11.3 Å². The van der Waals surface area contributed by atoms with Gasteiger partial charge in [0, 0.05) is 48.6 Å². The summed E-state index contributed by atoms with van der Waals surface area (Å²) in [5, 5.41) is 7.69. The van der Waals surface area contributed by atoms with Crippen LogP contribution in [0.5, 0.6) is 0 Å². The van der Waals surface area contributed by atoms with E-state index < -0.39 is 35.4 Å². The van der Waals surface area contributed by atoms with E-state index in [1.807, 2.05) is 17.5 Å². The summed E-state index contributed by atoms with van der Waals surface area (Å²) in [5.41, 5.74) is -0.103. The number of amides is 2. The van der Waals surface area contributed by atoms with Gasteiger partial charge in [0.2, 0.25) is 0 Å². The van der Waals surface area contributed by atoms with Gasteiger partial charge in [0.15, 0.2) is 0 Å². The molecule has 0 N–H and O–H groups in total. The van der Waals surface area contributed by atoms with Gasteiger partial charge in [0.25, 0.3) is 11.8 Å². The summed E-state index contributed by atoms with van der Waals surface area (Å²) >= 11 is 1.45. The van der Waals surface area contributed by atoms with Crippen LogP contribution < -0.4 is 0 Å². The molecule has 3 aromatic rings. The first-order chi connectivity index (χ1) is 19.7. The van der Waals surface area contributed by atoms with Crippen molar-refractivity contribution >= 4 is 28.9 Å². The number of carbonyl (C=O) groups excluding carboxylic acids is 2. The Morgan fingerprint density at radius 2 is 1.76 bits per heavy atom. The van der Waals surface area contributed by atoms with Crippen molar-refractivity contribution in [2.75, 3.05) is 45.9 Å². The Balaban J connectivity index is 1.40. The Morgan fingerprint density at radius 3 is 2.41 bits per heavy atom. The number of thiophene rings is 1. The highest BCUT2D eigenvalue weighted by Crippen LogP contribution is 2.36. The summed E-state index contributed by atoms with van der Waals surface area (Å²) in [6, 6.07) is 13.4. The SMILES string of the molecule is O=C(c1ccc(C(F)(F)F)cc1)N(CCN1CCOCC1)CC(=O)N1N=C(c2ccccc2F)CC1c1cccs1. The monoisotopic (exact) mass is 588 g/mol. The third-order valence-electron chi connectivity index (χ3n) is 7.08. The fraction of sp³-hybridized carbons (Fsp3) is 0.345. The van der Waals surface area contributed by atoms with Gasteiger partial charge in [-0.1, -0.05) is 24.3 Å². The molecule has 2 aliphatic heterocycles. The zero-order chi connectivity index (χ0) is 29.0. The van der Waals surface area contributed by atoms with Gasteiger partial charge in [-0.3, -0.25) is 14.5 Å². The lowest BCUT2D eigenvalue weighted by atomic mass is 10.0. The van der Waals surface area contributed by atoms with E-state index in [0.717, 1.165) is 29.1 Å². The molecule has 7 nitrogen and oxygen atoms in total. The number of hydrogen-bond acceptors (Lipinski definition) is 6. The molecular formula is C29H28F4N4O3S. The molecule has 1 saturated heterocycles. The second-order valence-electron chi connectivity index (χ2n) is 9.76. The van der Waals surface area contributed by atoms with E-state index in [2.05, 4.69) is 10.0 Å². The molecule has 5 rings (SSSR count). The second kappa shape index (κ2) is 12.5. The maximum absolute atomic E-state index is 14.6. The summed E-state index contributed by atoms with van der Waals surface area (Å²) in [7, 11) is 0. The van der Waals surface area contributed by atoms with Gasteiger partial charge in [-0.15, -0.1) is 11.3 Å². The van der Waals surface area contributed by atoms with Crippen molar-refractivity contribution in [3.8, 4) is 0 Å². The van der Waals surface area contributed by atoms with Crippen LogP contribution in [0.25, 0.3) is 0 Å². The first-order valence-electron chi connectivity index (χ1n) is 13.1. The molecule has 3 heterocycles. The Labute approximate surface area is 238 Å². The van der Waals surface area contributed by atoms with Crippen molar-refractivity contribution < 1.29 is 31.9 Å². The molecule has 0 radical (unpaired) electrons. The van der Waals surface area contributed by atoms with E-state index in [4.69, 9.17) is 4.74 Å². The van der Waals surface area contributed by atoms with Gasteiger partial charge in [-0.05, 0) is 41.8 Å². The zero-order valence-corrected chi connectivity index (χ0v) is 22.8. The van der Waals surface area contributed by atoms with Crippen molar-refractivity contribution in [2.24, 2.45) is 5.10 Å². The minimum atomic E-state index is -4.53. The fourth-order valence-electron chi connectivity index (χ4n) is 4.86. The van der Waals surface area contributed by atoms with Crippen molar-refractivity contribution in [3.63, 3.8) is 0 Å².